The van der Waals surface area contributed by atoms with Crippen LogP contribution in [-0.2, 0) is 4.79 Å². The van der Waals surface area contributed by atoms with Crippen LogP contribution in [-0.4, -0.2) is 12.5 Å². The lowest BCUT2D eigenvalue weighted by molar-refractivity contribution is -0.123. The second-order valence-corrected chi connectivity index (χ2v) is 5.68. The molecule has 0 aliphatic carbocycles. The molecule has 2 rings (SSSR count). The van der Waals surface area contributed by atoms with Crippen molar-refractivity contribution in [3.63, 3.8) is 0 Å². The summed E-state index contributed by atoms with van der Waals surface area (Å²) in [7, 11) is 0. The van der Waals surface area contributed by atoms with E-state index in [-0.39, 0.29) is 18.6 Å². The zero-order valence-electron chi connectivity index (χ0n) is 13.4. The fraction of sp³-hybridized carbons (Fsp3) is 0.316. The van der Waals surface area contributed by atoms with Gasteiger partial charge in [0.15, 0.2) is 6.61 Å². The number of hydrogen-bond acceptors (Lipinski definition) is 2. The molecular formula is C19H23NO2. The average Bonchev–Trinajstić information content (AvgIpc) is 2.54. The van der Waals surface area contributed by atoms with Crippen molar-refractivity contribution in [2.24, 2.45) is 0 Å². The molecule has 3 heteroatoms. The Bertz CT molecular complexity index is 608. The maximum atomic E-state index is 12.0. The molecule has 0 saturated heterocycles. The number of hydrogen-bond donors (Lipinski definition) is 1. The molecule has 1 atom stereocenters. The second-order valence-electron chi connectivity index (χ2n) is 5.68. The summed E-state index contributed by atoms with van der Waals surface area (Å²) in [4.78, 5) is 12.0. The van der Waals surface area contributed by atoms with Crippen LogP contribution in [0.3, 0.4) is 0 Å². The number of benzene rings is 2. The van der Waals surface area contributed by atoms with E-state index in [2.05, 4.69) is 19.2 Å². The third-order valence-corrected chi connectivity index (χ3v) is 3.58. The first-order valence-corrected chi connectivity index (χ1v) is 7.64. The number of para-hydroxylation sites is 1. The number of ether oxygens (including phenoxy) is 1. The van der Waals surface area contributed by atoms with Gasteiger partial charge in [-0.1, -0.05) is 62.4 Å². The monoisotopic (exact) mass is 297 g/mol. The summed E-state index contributed by atoms with van der Waals surface area (Å²) in [6.45, 7) is 6.22. The normalized spacial score (nSPS) is 12.0. The first kappa shape index (κ1) is 16.1. The highest BCUT2D eigenvalue weighted by molar-refractivity contribution is 5.78. The fourth-order valence-electron chi connectivity index (χ4n) is 2.34. The molecule has 0 unspecified atom stereocenters. The molecule has 0 bridgehead atoms. The Morgan fingerprint density at radius 2 is 1.64 bits per heavy atom. The van der Waals surface area contributed by atoms with E-state index in [1.165, 1.54) is 0 Å². The average molecular weight is 297 g/mol. The lowest BCUT2D eigenvalue weighted by Crippen LogP contribution is -2.31. The predicted octanol–water partition coefficient (Wildman–Crippen LogP) is 4.07. The van der Waals surface area contributed by atoms with E-state index < -0.39 is 0 Å². The van der Waals surface area contributed by atoms with E-state index in [4.69, 9.17) is 4.74 Å². The van der Waals surface area contributed by atoms with Crippen LogP contribution in [0.4, 0.5) is 0 Å². The first-order valence-electron chi connectivity index (χ1n) is 7.64. The number of nitrogens with one attached hydrogen (secondary N) is 1. The number of rotatable bonds is 6. The van der Waals surface area contributed by atoms with Gasteiger partial charge >= 0.3 is 0 Å². The molecule has 2 aromatic carbocycles. The van der Waals surface area contributed by atoms with Crippen LogP contribution in [0.2, 0.25) is 0 Å². The summed E-state index contributed by atoms with van der Waals surface area (Å²) >= 11 is 0. The van der Waals surface area contributed by atoms with Gasteiger partial charge in [-0.2, -0.15) is 0 Å². The summed E-state index contributed by atoms with van der Waals surface area (Å²) in [5.41, 5.74) is 2.20. The van der Waals surface area contributed by atoms with Gasteiger partial charge in [0.2, 0.25) is 0 Å². The topological polar surface area (TPSA) is 38.3 Å². The fourth-order valence-corrected chi connectivity index (χ4v) is 2.34. The summed E-state index contributed by atoms with van der Waals surface area (Å²) in [6, 6.07) is 17.7. The molecule has 0 fully saturated rings. The van der Waals surface area contributed by atoms with Gasteiger partial charge < -0.3 is 10.1 Å². The van der Waals surface area contributed by atoms with Crippen molar-refractivity contribution in [1.82, 2.24) is 5.32 Å². The molecule has 0 radical (unpaired) electrons. The molecule has 22 heavy (non-hydrogen) atoms. The molecule has 0 aliphatic rings. The standard InChI is InChI=1S/C19H23NO2/c1-14(2)17-11-7-8-12-18(17)22-13-19(21)20-15(3)16-9-5-4-6-10-16/h4-12,14-15H,13H2,1-3H3,(H,20,21)/t15-/m0/s1. The number of amides is 1. The SMILES string of the molecule is CC(C)c1ccccc1OCC(=O)N[C@@H](C)c1ccccc1. The molecule has 0 heterocycles. The van der Waals surface area contributed by atoms with Gasteiger partial charge in [-0.05, 0) is 30.0 Å². The van der Waals surface area contributed by atoms with Crippen LogP contribution < -0.4 is 10.1 Å². The van der Waals surface area contributed by atoms with Crippen LogP contribution in [0, 0.1) is 0 Å². The van der Waals surface area contributed by atoms with Crippen molar-refractivity contribution in [1.29, 1.82) is 0 Å². The van der Waals surface area contributed by atoms with Crippen molar-refractivity contribution in [2.75, 3.05) is 6.61 Å². The quantitative estimate of drug-likeness (QED) is 0.873. The second kappa shape index (κ2) is 7.64. The molecule has 0 aliphatic heterocycles. The van der Waals surface area contributed by atoms with Crippen molar-refractivity contribution in [3.8, 4) is 5.75 Å². The smallest absolute Gasteiger partial charge is 0.258 e. The highest BCUT2D eigenvalue weighted by Gasteiger charge is 2.12. The Morgan fingerprint density at radius 1 is 1.00 bits per heavy atom. The van der Waals surface area contributed by atoms with E-state index in [9.17, 15) is 4.79 Å². The molecule has 2 aromatic rings. The number of carbonyl (C=O) groups is 1. The van der Waals surface area contributed by atoms with Crippen molar-refractivity contribution in [2.45, 2.75) is 32.7 Å². The molecule has 1 N–H and O–H groups in total. The largest absolute Gasteiger partial charge is 0.483 e. The van der Waals surface area contributed by atoms with Crippen LogP contribution in [0.25, 0.3) is 0 Å². The molecule has 0 spiro atoms. The highest BCUT2D eigenvalue weighted by atomic mass is 16.5. The van der Waals surface area contributed by atoms with Crippen LogP contribution >= 0.6 is 0 Å². The Balaban J connectivity index is 1.91. The van der Waals surface area contributed by atoms with Crippen molar-refractivity contribution in [3.05, 3.63) is 65.7 Å². The van der Waals surface area contributed by atoms with Gasteiger partial charge in [-0.15, -0.1) is 0 Å². The van der Waals surface area contributed by atoms with Gasteiger partial charge in [0.25, 0.3) is 5.91 Å². The van der Waals surface area contributed by atoms with Gasteiger partial charge in [0, 0.05) is 0 Å². The third kappa shape index (κ3) is 4.35. The number of carbonyl (C=O) groups excluding carboxylic acids is 1. The molecule has 0 aromatic heterocycles. The zero-order valence-corrected chi connectivity index (χ0v) is 13.4. The lowest BCUT2D eigenvalue weighted by atomic mass is 10.0. The Kier molecular flexibility index (Phi) is 5.59. The summed E-state index contributed by atoms with van der Waals surface area (Å²) in [6.07, 6.45) is 0. The van der Waals surface area contributed by atoms with E-state index in [0.717, 1.165) is 16.9 Å². The van der Waals surface area contributed by atoms with Crippen molar-refractivity contribution >= 4 is 5.91 Å². The predicted molar refractivity (Wildman–Crippen MR) is 89.0 cm³/mol. The van der Waals surface area contributed by atoms with Gasteiger partial charge in [0.1, 0.15) is 5.75 Å². The van der Waals surface area contributed by atoms with Gasteiger partial charge in [-0.25, -0.2) is 0 Å². The van der Waals surface area contributed by atoms with Gasteiger partial charge in [-0.3, -0.25) is 4.79 Å². The lowest BCUT2D eigenvalue weighted by Gasteiger charge is -2.16. The summed E-state index contributed by atoms with van der Waals surface area (Å²) in [5.74, 6) is 1.03. The molecule has 1 amide bonds. The van der Waals surface area contributed by atoms with E-state index in [1.807, 2.05) is 61.5 Å². The summed E-state index contributed by atoms with van der Waals surface area (Å²) in [5, 5.41) is 2.95. The minimum Gasteiger partial charge on any atom is -0.483 e. The highest BCUT2D eigenvalue weighted by Crippen LogP contribution is 2.25. The molecule has 116 valence electrons. The molecule has 3 nitrogen and oxygen atoms in total. The Hall–Kier alpha value is -2.29. The minimum atomic E-state index is -0.116. The minimum absolute atomic E-state index is 0.0287. The zero-order chi connectivity index (χ0) is 15.9. The van der Waals surface area contributed by atoms with Crippen molar-refractivity contribution < 1.29 is 9.53 Å². The van der Waals surface area contributed by atoms with Crippen LogP contribution in [0.5, 0.6) is 5.75 Å². The summed E-state index contributed by atoms with van der Waals surface area (Å²) < 4.78 is 5.68. The van der Waals surface area contributed by atoms with Crippen LogP contribution in [0.15, 0.2) is 54.6 Å². The Morgan fingerprint density at radius 3 is 2.32 bits per heavy atom. The first-order chi connectivity index (χ1) is 10.6. The molecular weight excluding hydrogens is 274 g/mol. The van der Waals surface area contributed by atoms with E-state index >= 15 is 0 Å². The Labute approximate surface area is 132 Å². The maximum absolute atomic E-state index is 12.0. The maximum Gasteiger partial charge on any atom is 0.258 e. The molecule has 0 saturated carbocycles. The van der Waals surface area contributed by atoms with E-state index in [0.29, 0.717) is 5.92 Å². The third-order valence-electron chi connectivity index (χ3n) is 3.58. The van der Waals surface area contributed by atoms with Crippen LogP contribution in [0.1, 0.15) is 43.9 Å². The van der Waals surface area contributed by atoms with E-state index in [1.54, 1.807) is 0 Å². The van der Waals surface area contributed by atoms with Gasteiger partial charge in [0.05, 0.1) is 6.04 Å².